The molecule has 34 heavy (non-hydrogen) atoms. The summed E-state index contributed by atoms with van der Waals surface area (Å²) in [6.45, 7) is 1.01. The summed E-state index contributed by atoms with van der Waals surface area (Å²) in [7, 11) is 1.33. The highest BCUT2D eigenvalue weighted by atomic mass is 35.5. The Labute approximate surface area is 203 Å². The lowest BCUT2D eigenvalue weighted by Crippen LogP contribution is -2.44. The molecule has 2 amide bonds. The molecule has 1 unspecified atom stereocenters. The predicted octanol–water partition coefficient (Wildman–Crippen LogP) is 4.77. The second-order valence-electron chi connectivity index (χ2n) is 8.49. The van der Waals surface area contributed by atoms with Crippen molar-refractivity contribution in [1.82, 2.24) is 10.2 Å². The van der Waals surface area contributed by atoms with E-state index < -0.39 is 12.0 Å². The minimum absolute atomic E-state index is 0.0135. The molecule has 0 bridgehead atoms. The second-order valence-corrected chi connectivity index (χ2v) is 8.92. The summed E-state index contributed by atoms with van der Waals surface area (Å²) in [5.74, 6) is -0.777. The van der Waals surface area contributed by atoms with E-state index in [-0.39, 0.29) is 24.2 Å². The van der Waals surface area contributed by atoms with Crippen LogP contribution in [0.5, 0.6) is 0 Å². The highest BCUT2D eigenvalue weighted by Gasteiger charge is 2.30. The van der Waals surface area contributed by atoms with Gasteiger partial charge in [0.25, 0.3) is 5.91 Å². The lowest BCUT2D eigenvalue weighted by Gasteiger charge is -2.32. The number of halogens is 1. The average molecular weight is 479 g/mol. The van der Waals surface area contributed by atoms with E-state index in [1.54, 1.807) is 24.3 Å². The maximum absolute atomic E-state index is 13.2. The quantitative estimate of drug-likeness (QED) is 0.518. The van der Waals surface area contributed by atoms with E-state index in [0.717, 1.165) is 16.3 Å². The van der Waals surface area contributed by atoms with E-state index in [9.17, 15) is 14.4 Å². The Balaban J connectivity index is 1.40. The molecule has 6 nitrogen and oxygen atoms in total. The summed E-state index contributed by atoms with van der Waals surface area (Å²) in [5.41, 5.74) is 1.47. The van der Waals surface area contributed by atoms with Gasteiger partial charge in [0.05, 0.1) is 19.6 Å². The number of piperidine rings is 1. The number of esters is 1. The number of hydrogen-bond donors (Lipinski definition) is 1. The third kappa shape index (κ3) is 5.39. The second kappa shape index (κ2) is 10.7. The van der Waals surface area contributed by atoms with Crippen LogP contribution in [0.2, 0.25) is 5.02 Å². The number of nitrogens with zero attached hydrogens (tertiary/aromatic N) is 1. The number of rotatable bonds is 6. The number of carbonyl (C=O) groups is 3. The van der Waals surface area contributed by atoms with Gasteiger partial charge in [-0.1, -0.05) is 60.1 Å². The molecule has 7 heteroatoms. The van der Waals surface area contributed by atoms with Crippen LogP contribution in [0.1, 0.15) is 41.2 Å². The maximum Gasteiger partial charge on any atom is 0.307 e. The number of likely N-dealkylation sites (tertiary alicyclic amines) is 1. The van der Waals surface area contributed by atoms with Crippen molar-refractivity contribution < 1.29 is 19.1 Å². The monoisotopic (exact) mass is 478 g/mol. The lowest BCUT2D eigenvalue weighted by molar-refractivity contribution is -0.141. The molecule has 0 saturated carbocycles. The predicted molar refractivity (Wildman–Crippen MR) is 132 cm³/mol. The third-order valence-corrected chi connectivity index (χ3v) is 6.61. The zero-order valence-electron chi connectivity index (χ0n) is 19.0. The van der Waals surface area contributed by atoms with Gasteiger partial charge in [-0.3, -0.25) is 14.4 Å². The van der Waals surface area contributed by atoms with E-state index in [1.807, 2.05) is 47.4 Å². The summed E-state index contributed by atoms with van der Waals surface area (Å²) in [6.07, 6.45) is 1.16. The zero-order valence-corrected chi connectivity index (χ0v) is 19.8. The molecule has 0 radical (unpaired) electrons. The summed E-state index contributed by atoms with van der Waals surface area (Å²) >= 11 is 5.98. The molecule has 1 heterocycles. The van der Waals surface area contributed by atoms with Gasteiger partial charge in [-0.15, -0.1) is 0 Å². The Hall–Kier alpha value is -3.38. The van der Waals surface area contributed by atoms with Crippen molar-refractivity contribution in [2.45, 2.75) is 25.3 Å². The van der Waals surface area contributed by atoms with Crippen molar-refractivity contribution in [2.24, 2.45) is 5.92 Å². The van der Waals surface area contributed by atoms with Gasteiger partial charge in [0.15, 0.2) is 0 Å². The first kappa shape index (κ1) is 23.8. The maximum atomic E-state index is 13.2. The number of hydrogen-bond acceptors (Lipinski definition) is 4. The fraction of sp³-hybridized carbons (Fsp3) is 0.296. The van der Waals surface area contributed by atoms with E-state index in [0.29, 0.717) is 36.5 Å². The molecule has 3 aromatic rings. The standard InChI is InChI=1S/C27H27ClN2O4/c1-34-25(31)17-24(19-9-11-21(28)12-10-19)29-26(32)20-13-15-30(16-14-20)27(33)23-8-4-6-18-5-2-3-7-22(18)23/h2-12,20,24H,13-17H2,1H3,(H,29,32). The number of ether oxygens (including phenoxy) is 1. The van der Waals surface area contributed by atoms with Gasteiger partial charge in [0.2, 0.25) is 5.91 Å². The van der Waals surface area contributed by atoms with Gasteiger partial charge in [0.1, 0.15) is 0 Å². The third-order valence-electron chi connectivity index (χ3n) is 6.36. The van der Waals surface area contributed by atoms with Gasteiger partial charge >= 0.3 is 5.97 Å². The summed E-state index contributed by atoms with van der Waals surface area (Å²) < 4.78 is 4.81. The summed E-state index contributed by atoms with van der Waals surface area (Å²) in [5, 5.41) is 5.54. The van der Waals surface area contributed by atoms with Crippen molar-refractivity contribution in [3.63, 3.8) is 0 Å². The highest BCUT2D eigenvalue weighted by Crippen LogP contribution is 2.26. The van der Waals surface area contributed by atoms with E-state index in [1.165, 1.54) is 7.11 Å². The van der Waals surface area contributed by atoms with Crippen LogP contribution in [-0.2, 0) is 14.3 Å². The Morgan fingerprint density at radius 2 is 1.68 bits per heavy atom. The SMILES string of the molecule is COC(=O)CC(NC(=O)C1CCN(C(=O)c2cccc3ccccc23)CC1)c1ccc(Cl)cc1. The molecular weight excluding hydrogens is 452 g/mol. The average Bonchev–Trinajstić information content (AvgIpc) is 2.88. The van der Waals surface area contributed by atoms with Gasteiger partial charge in [-0.25, -0.2) is 0 Å². The van der Waals surface area contributed by atoms with Crippen LogP contribution in [0.25, 0.3) is 10.8 Å². The minimum Gasteiger partial charge on any atom is -0.469 e. The smallest absolute Gasteiger partial charge is 0.307 e. The number of nitrogens with one attached hydrogen (secondary N) is 1. The van der Waals surface area contributed by atoms with Crippen LogP contribution in [0, 0.1) is 5.92 Å². The van der Waals surface area contributed by atoms with Crippen LogP contribution in [-0.4, -0.2) is 42.9 Å². The van der Waals surface area contributed by atoms with Gasteiger partial charge in [0, 0.05) is 29.6 Å². The normalized spacial score (nSPS) is 15.1. The fourth-order valence-electron chi connectivity index (χ4n) is 4.41. The van der Waals surface area contributed by atoms with Gasteiger partial charge < -0.3 is 15.0 Å². The molecule has 1 aliphatic heterocycles. The van der Waals surface area contributed by atoms with E-state index in [4.69, 9.17) is 16.3 Å². The van der Waals surface area contributed by atoms with Gasteiger partial charge in [-0.05, 0) is 47.4 Å². The number of methoxy groups -OCH3 is 1. The first-order valence-electron chi connectivity index (χ1n) is 11.4. The number of amides is 2. The highest BCUT2D eigenvalue weighted by molar-refractivity contribution is 6.30. The molecule has 0 spiro atoms. The number of carbonyl (C=O) groups excluding carboxylic acids is 3. The summed E-state index contributed by atoms with van der Waals surface area (Å²) in [4.78, 5) is 40.0. The van der Waals surface area contributed by atoms with E-state index >= 15 is 0 Å². The van der Waals surface area contributed by atoms with Crippen molar-refractivity contribution in [2.75, 3.05) is 20.2 Å². The molecule has 1 aliphatic rings. The largest absolute Gasteiger partial charge is 0.469 e. The first-order chi connectivity index (χ1) is 16.5. The molecule has 1 saturated heterocycles. The molecule has 1 N–H and O–H groups in total. The molecule has 4 rings (SSSR count). The first-order valence-corrected chi connectivity index (χ1v) is 11.7. The summed E-state index contributed by atoms with van der Waals surface area (Å²) in [6, 6.07) is 20.1. The molecule has 1 fully saturated rings. The molecule has 3 aromatic carbocycles. The van der Waals surface area contributed by atoms with Crippen LogP contribution >= 0.6 is 11.6 Å². The van der Waals surface area contributed by atoms with Crippen molar-refractivity contribution in [3.8, 4) is 0 Å². The lowest BCUT2D eigenvalue weighted by atomic mass is 9.93. The Morgan fingerprint density at radius 3 is 2.38 bits per heavy atom. The fourth-order valence-corrected chi connectivity index (χ4v) is 4.54. The van der Waals surface area contributed by atoms with Gasteiger partial charge in [-0.2, -0.15) is 0 Å². The molecular formula is C27H27ClN2O4. The van der Waals surface area contributed by atoms with E-state index in [2.05, 4.69) is 5.32 Å². The topological polar surface area (TPSA) is 75.7 Å². The van der Waals surface area contributed by atoms with Crippen LogP contribution in [0.4, 0.5) is 0 Å². The molecule has 0 aromatic heterocycles. The van der Waals surface area contributed by atoms with Crippen molar-refractivity contribution >= 4 is 40.2 Å². The Kier molecular flexibility index (Phi) is 7.48. The Morgan fingerprint density at radius 1 is 1.00 bits per heavy atom. The number of benzene rings is 3. The minimum atomic E-state index is -0.507. The molecule has 176 valence electrons. The zero-order chi connectivity index (χ0) is 24.1. The number of fused-ring (bicyclic) bond motifs is 1. The van der Waals surface area contributed by atoms with Crippen molar-refractivity contribution in [3.05, 3.63) is 82.9 Å². The Bertz CT molecular complexity index is 1180. The van der Waals surface area contributed by atoms with Crippen LogP contribution in [0.3, 0.4) is 0 Å². The molecule has 0 aliphatic carbocycles. The molecule has 1 atom stereocenters. The van der Waals surface area contributed by atoms with Crippen LogP contribution < -0.4 is 5.32 Å². The van der Waals surface area contributed by atoms with Crippen molar-refractivity contribution in [1.29, 1.82) is 0 Å². The van der Waals surface area contributed by atoms with Crippen LogP contribution in [0.15, 0.2) is 66.7 Å².